The zero-order chi connectivity index (χ0) is 13.4. The molecule has 1 aliphatic heterocycles. The Morgan fingerprint density at radius 3 is 2.68 bits per heavy atom. The van der Waals surface area contributed by atoms with Gasteiger partial charge in [-0.05, 0) is 49.6 Å². The molecule has 0 spiro atoms. The lowest BCUT2D eigenvalue weighted by Crippen LogP contribution is -2.33. The van der Waals surface area contributed by atoms with E-state index in [-0.39, 0.29) is 5.75 Å². The van der Waals surface area contributed by atoms with Crippen LogP contribution in [-0.2, 0) is 19.6 Å². The van der Waals surface area contributed by atoms with Crippen LogP contribution >= 0.6 is 31.9 Å². The van der Waals surface area contributed by atoms with Gasteiger partial charge in [0.05, 0.1) is 15.5 Å². The maximum absolute atomic E-state index is 9.71. The number of aromatic nitrogens is 3. The van der Waals surface area contributed by atoms with Crippen molar-refractivity contribution in [1.82, 2.24) is 19.7 Å². The molecular formula is C12H12Br2N4O. The lowest BCUT2D eigenvalue weighted by molar-refractivity contribution is 0.208. The number of phenols is 1. The van der Waals surface area contributed by atoms with Crippen LogP contribution in [0.25, 0.3) is 0 Å². The van der Waals surface area contributed by atoms with E-state index in [0.717, 1.165) is 37.6 Å². The van der Waals surface area contributed by atoms with Gasteiger partial charge in [0.15, 0.2) is 0 Å². The Balaban J connectivity index is 1.76. The van der Waals surface area contributed by atoms with Crippen molar-refractivity contribution in [3.63, 3.8) is 0 Å². The van der Waals surface area contributed by atoms with E-state index in [0.29, 0.717) is 8.95 Å². The molecule has 3 rings (SSSR count). The van der Waals surface area contributed by atoms with Crippen molar-refractivity contribution in [3.05, 3.63) is 38.8 Å². The highest BCUT2D eigenvalue weighted by Crippen LogP contribution is 2.33. The average molecular weight is 388 g/mol. The van der Waals surface area contributed by atoms with E-state index >= 15 is 0 Å². The van der Waals surface area contributed by atoms with Crippen molar-refractivity contribution >= 4 is 31.9 Å². The minimum atomic E-state index is 0.238. The summed E-state index contributed by atoms with van der Waals surface area (Å²) in [5.74, 6) is 1.24. The van der Waals surface area contributed by atoms with Crippen molar-refractivity contribution in [2.75, 3.05) is 6.54 Å². The van der Waals surface area contributed by atoms with Gasteiger partial charge in [0.1, 0.15) is 17.9 Å². The largest absolute Gasteiger partial charge is 0.506 e. The second-order valence-corrected chi connectivity index (χ2v) is 6.27. The van der Waals surface area contributed by atoms with Crippen LogP contribution in [0.15, 0.2) is 27.4 Å². The number of hydrogen-bond acceptors (Lipinski definition) is 4. The third kappa shape index (κ3) is 2.68. The van der Waals surface area contributed by atoms with Gasteiger partial charge < -0.3 is 9.67 Å². The van der Waals surface area contributed by atoms with Gasteiger partial charge in [0.25, 0.3) is 0 Å². The van der Waals surface area contributed by atoms with E-state index in [1.165, 1.54) is 0 Å². The van der Waals surface area contributed by atoms with Gasteiger partial charge in [-0.1, -0.05) is 0 Å². The lowest BCUT2D eigenvalue weighted by atomic mass is 10.2. The predicted octanol–water partition coefficient (Wildman–Crippen LogP) is 2.52. The first-order chi connectivity index (χ1) is 9.13. The standard InChI is InChI=1S/C12H12Br2N4O/c13-9-3-8(4-10(14)12(9)19)5-17-1-2-18-7-15-16-11(18)6-17/h3-4,7,19H,1-2,5-6H2. The van der Waals surface area contributed by atoms with Gasteiger partial charge in [0.2, 0.25) is 0 Å². The number of halogens is 2. The Labute approximate surface area is 127 Å². The average Bonchev–Trinajstić information content (AvgIpc) is 2.83. The van der Waals surface area contributed by atoms with E-state index in [1.807, 2.05) is 12.1 Å². The highest BCUT2D eigenvalue weighted by atomic mass is 79.9. The molecule has 0 radical (unpaired) electrons. The van der Waals surface area contributed by atoms with E-state index < -0.39 is 0 Å². The summed E-state index contributed by atoms with van der Waals surface area (Å²) in [4.78, 5) is 2.31. The first-order valence-electron chi connectivity index (χ1n) is 5.89. The van der Waals surface area contributed by atoms with Crippen LogP contribution in [0.4, 0.5) is 0 Å². The number of phenolic OH excluding ortho intramolecular Hbond substituents is 1. The number of benzene rings is 1. The number of fused-ring (bicyclic) bond motifs is 1. The van der Waals surface area contributed by atoms with E-state index in [4.69, 9.17) is 0 Å². The van der Waals surface area contributed by atoms with Crippen molar-refractivity contribution in [2.24, 2.45) is 0 Å². The van der Waals surface area contributed by atoms with Crippen LogP contribution in [0.5, 0.6) is 5.75 Å². The van der Waals surface area contributed by atoms with Crippen molar-refractivity contribution in [1.29, 1.82) is 0 Å². The molecule has 5 nitrogen and oxygen atoms in total. The summed E-state index contributed by atoms with van der Waals surface area (Å²) in [6, 6.07) is 3.89. The summed E-state index contributed by atoms with van der Waals surface area (Å²) in [6.07, 6.45) is 1.78. The molecule has 0 amide bonds. The molecule has 2 aromatic rings. The van der Waals surface area contributed by atoms with Gasteiger partial charge in [-0.15, -0.1) is 10.2 Å². The Morgan fingerprint density at radius 1 is 1.21 bits per heavy atom. The normalized spacial score (nSPS) is 15.5. The van der Waals surface area contributed by atoms with Gasteiger partial charge in [-0.25, -0.2) is 0 Å². The van der Waals surface area contributed by atoms with Crippen LogP contribution in [0.3, 0.4) is 0 Å². The minimum Gasteiger partial charge on any atom is -0.506 e. The molecule has 0 unspecified atom stereocenters. The zero-order valence-corrected chi connectivity index (χ0v) is 13.2. The molecule has 0 saturated heterocycles. The summed E-state index contributed by atoms with van der Waals surface area (Å²) in [5.41, 5.74) is 1.14. The lowest BCUT2D eigenvalue weighted by Gasteiger charge is -2.27. The predicted molar refractivity (Wildman–Crippen MR) is 77.6 cm³/mol. The monoisotopic (exact) mass is 386 g/mol. The van der Waals surface area contributed by atoms with Crippen LogP contribution in [0, 0.1) is 0 Å². The molecule has 2 heterocycles. The molecule has 1 aromatic heterocycles. The number of rotatable bonds is 2. The van der Waals surface area contributed by atoms with Crippen LogP contribution in [-0.4, -0.2) is 31.3 Å². The Bertz CT molecular complexity index is 591. The highest BCUT2D eigenvalue weighted by Gasteiger charge is 2.18. The molecule has 0 fully saturated rings. The summed E-state index contributed by atoms with van der Waals surface area (Å²) in [7, 11) is 0. The Morgan fingerprint density at radius 2 is 1.95 bits per heavy atom. The van der Waals surface area contributed by atoms with Gasteiger partial charge in [-0.2, -0.15) is 0 Å². The molecule has 0 saturated carbocycles. The quantitative estimate of drug-likeness (QED) is 0.860. The van der Waals surface area contributed by atoms with Gasteiger partial charge in [0, 0.05) is 19.6 Å². The third-order valence-electron chi connectivity index (χ3n) is 3.20. The topological polar surface area (TPSA) is 54.2 Å². The fourth-order valence-electron chi connectivity index (χ4n) is 2.22. The Hall–Kier alpha value is -0.920. The van der Waals surface area contributed by atoms with Crippen LogP contribution in [0.1, 0.15) is 11.4 Å². The first-order valence-corrected chi connectivity index (χ1v) is 7.48. The number of hydrogen-bond donors (Lipinski definition) is 1. The SMILES string of the molecule is Oc1c(Br)cc(CN2CCn3cnnc3C2)cc1Br. The fourth-order valence-corrected chi connectivity index (χ4v) is 3.50. The first kappa shape index (κ1) is 13.1. The smallest absolute Gasteiger partial charge is 0.147 e. The van der Waals surface area contributed by atoms with Crippen molar-refractivity contribution in [2.45, 2.75) is 19.6 Å². The van der Waals surface area contributed by atoms with E-state index in [1.54, 1.807) is 6.33 Å². The molecule has 0 bridgehead atoms. The van der Waals surface area contributed by atoms with Gasteiger partial charge in [-0.3, -0.25) is 4.90 Å². The van der Waals surface area contributed by atoms with Crippen molar-refractivity contribution in [3.8, 4) is 5.75 Å². The maximum Gasteiger partial charge on any atom is 0.147 e. The van der Waals surface area contributed by atoms with Crippen LogP contribution < -0.4 is 0 Å². The molecule has 1 N–H and O–H groups in total. The van der Waals surface area contributed by atoms with E-state index in [9.17, 15) is 5.11 Å². The molecule has 7 heteroatoms. The fraction of sp³-hybridized carbons (Fsp3) is 0.333. The summed E-state index contributed by atoms with van der Waals surface area (Å²) >= 11 is 6.71. The second-order valence-electron chi connectivity index (χ2n) is 4.56. The second kappa shape index (κ2) is 5.22. The zero-order valence-electron chi connectivity index (χ0n) is 10.1. The molecule has 19 heavy (non-hydrogen) atoms. The number of nitrogens with zero attached hydrogens (tertiary/aromatic N) is 4. The van der Waals surface area contributed by atoms with Gasteiger partial charge >= 0.3 is 0 Å². The summed E-state index contributed by atoms with van der Waals surface area (Å²) in [5, 5.41) is 17.7. The molecule has 100 valence electrons. The highest BCUT2D eigenvalue weighted by molar-refractivity contribution is 9.11. The molecule has 1 aliphatic rings. The molecular weight excluding hydrogens is 376 g/mol. The summed E-state index contributed by atoms with van der Waals surface area (Å²) < 4.78 is 3.49. The van der Waals surface area contributed by atoms with E-state index in [2.05, 4.69) is 51.5 Å². The minimum absolute atomic E-state index is 0.238. The number of aromatic hydroxyl groups is 1. The molecule has 1 aromatic carbocycles. The maximum atomic E-state index is 9.71. The molecule has 0 aliphatic carbocycles. The van der Waals surface area contributed by atoms with Crippen molar-refractivity contribution < 1.29 is 5.11 Å². The molecule has 0 atom stereocenters. The third-order valence-corrected chi connectivity index (χ3v) is 4.41. The van der Waals surface area contributed by atoms with Crippen LogP contribution in [0.2, 0.25) is 0 Å². The summed E-state index contributed by atoms with van der Waals surface area (Å²) in [6.45, 7) is 3.52. The Kier molecular flexibility index (Phi) is 3.60.